The van der Waals surface area contributed by atoms with Gasteiger partial charge < -0.3 is 4.74 Å². The van der Waals surface area contributed by atoms with Gasteiger partial charge in [-0.1, -0.05) is 19.9 Å². The predicted octanol–water partition coefficient (Wildman–Crippen LogP) is 2.08. The van der Waals surface area contributed by atoms with E-state index in [-0.39, 0.29) is 0 Å². The molecule has 0 aliphatic carbocycles. The lowest BCUT2D eigenvalue weighted by molar-refractivity contribution is 0.287. The summed E-state index contributed by atoms with van der Waals surface area (Å²) >= 11 is 0. The zero-order valence-electron chi connectivity index (χ0n) is 9.18. The van der Waals surface area contributed by atoms with Crippen molar-refractivity contribution in [2.45, 2.75) is 26.3 Å². The van der Waals surface area contributed by atoms with E-state index < -0.39 is 0 Å². The van der Waals surface area contributed by atoms with Crippen molar-refractivity contribution in [2.75, 3.05) is 6.61 Å². The summed E-state index contributed by atoms with van der Waals surface area (Å²) in [6.45, 7) is 5.07. The second-order valence-corrected chi connectivity index (χ2v) is 4.18. The minimum Gasteiger partial charge on any atom is -0.478 e. The maximum absolute atomic E-state index is 5.55. The normalized spacial score (nSPS) is 20.2. The lowest BCUT2D eigenvalue weighted by Gasteiger charge is -2.06. The van der Waals surface area contributed by atoms with Gasteiger partial charge in [-0.25, -0.2) is 4.99 Å². The van der Waals surface area contributed by atoms with E-state index in [4.69, 9.17) is 4.74 Å². The lowest BCUT2D eigenvalue weighted by Crippen LogP contribution is -2.13. The molecule has 1 atom stereocenters. The maximum atomic E-state index is 5.55. The molecule has 80 valence electrons. The van der Waals surface area contributed by atoms with Gasteiger partial charge in [-0.2, -0.15) is 0 Å². The molecule has 0 N–H and O–H groups in total. The predicted molar refractivity (Wildman–Crippen MR) is 60.0 cm³/mol. The van der Waals surface area contributed by atoms with Crippen LogP contribution in [0.2, 0.25) is 0 Å². The highest BCUT2D eigenvalue weighted by Gasteiger charge is 2.21. The van der Waals surface area contributed by atoms with Crippen LogP contribution >= 0.6 is 0 Å². The van der Waals surface area contributed by atoms with E-state index in [1.807, 2.05) is 18.3 Å². The van der Waals surface area contributed by atoms with Gasteiger partial charge in [-0.05, 0) is 17.5 Å². The van der Waals surface area contributed by atoms with Crippen LogP contribution in [-0.4, -0.2) is 23.5 Å². The first-order valence-corrected chi connectivity index (χ1v) is 5.34. The monoisotopic (exact) mass is 204 g/mol. The molecule has 0 saturated heterocycles. The molecule has 1 aliphatic heterocycles. The van der Waals surface area contributed by atoms with E-state index in [1.165, 1.54) is 0 Å². The Morgan fingerprint density at radius 1 is 1.53 bits per heavy atom. The summed E-state index contributed by atoms with van der Waals surface area (Å²) in [4.78, 5) is 8.62. The summed E-state index contributed by atoms with van der Waals surface area (Å²) in [6.07, 6.45) is 4.39. The number of aliphatic imine (C=N–C) groups is 1. The minimum atomic E-state index is 0.330. The summed E-state index contributed by atoms with van der Waals surface area (Å²) in [6, 6.07) is 4.31. The Morgan fingerprint density at radius 3 is 3.00 bits per heavy atom. The Kier molecular flexibility index (Phi) is 2.99. The molecule has 1 aromatic rings. The molecule has 0 bridgehead atoms. The highest BCUT2D eigenvalue weighted by Crippen LogP contribution is 2.15. The molecule has 0 unspecified atom stereocenters. The topological polar surface area (TPSA) is 34.5 Å². The smallest absolute Gasteiger partial charge is 0.188 e. The van der Waals surface area contributed by atoms with E-state index in [2.05, 4.69) is 23.8 Å². The van der Waals surface area contributed by atoms with E-state index in [9.17, 15) is 0 Å². The van der Waals surface area contributed by atoms with Crippen LogP contribution in [0.1, 0.15) is 19.4 Å². The van der Waals surface area contributed by atoms with E-state index >= 15 is 0 Å². The highest BCUT2D eigenvalue weighted by atomic mass is 16.5. The molecule has 0 spiro atoms. The third-order valence-corrected chi connectivity index (χ3v) is 2.58. The highest BCUT2D eigenvalue weighted by molar-refractivity contribution is 5.80. The van der Waals surface area contributed by atoms with Gasteiger partial charge in [0.2, 0.25) is 0 Å². The number of hydrogen-bond donors (Lipinski definition) is 0. The number of ether oxygens (including phenoxy) is 1. The van der Waals surface area contributed by atoms with Crippen molar-refractivity contribution in [1.29, 1.82) is 0 Å². The molecular weight excluding hydrogens is 188 g/mol. The lowest BCUT2D eigenvalue weighted by atomic mass is 10.1. The summed E-state index contributed by atoms with van der Waals surface area (Å²) in [7, 11) is 0. The fraction of sp³-hybridized carbons (Fsp3) is 0.500. The van der Waals surface area contributed by atoms with E-state index in [0.717, 1.165) is 24.5 Å². The van der Waals surface area contributed by atoms with Crippen LogP contribution in [0, 0.1) is 5.92 Å². The average molecular weight is 204 g/mol. The maximum Gasteiger partial charge on any atom is 0.188 e. The van der Waals surface area contributed by atoms with Crippen LogP contribution < -0.4 is 0 Å². The van der Waals surface area contributed by atoms with Crippen molar-refractivity contribution in [3.05, 3.63) is 30.1 Å². The van der Waals surface area contributed by atoms with Gasteiger partial charge in [0.15, 0.2) is 5.90 Å². The summed E-state index contributed by atoms with van der Waals surface area (Å²) < 4.78 is 5.55. The van der Waals surface area contributed by atoms with Gasteiger partial charge in [-0.15, -0.1) is 0 Å². The largest absolute Gasteiger partial charge is 0.478 e. The summed E-state index contributed by atoms with van der Waals surface area (Å²) in [5.41, 5.74) is 1.15. The van der Waals surface area contributed by atoms with Crippen LogP contribution in [0.25, 0.3) is 0 Å². The first kappa shape index (κ1) is 10.1. The average Bonchev–Trinajstić information content (AvgIpc) is 2.68. The first-order valence-electron chi connectivity index (χ1n) is 5.34. The second kappa shape index (κ2) is 4.43. The van der Waals surface area contributed by atoms with Gasteiger partial charge in [0.05, 0.1) is 12.5 Å². The van der Waals surface area contributed by atoms with E-state index in [0.29, 0.717) is 12.0 Å². The Hall–Kier alpha value is -1.38. The summed E-state index contributed by atoms with van der Waals surface area (Å²) in [5, 5.41) is 0. The number of nitrogens with zero attached hydrogens (tertiary/aromatic N) is 2. The number of rotatable bonds is 3. The Labute approximate surface area is 90.2 Å². The molecule has 0 saturated carbocycles. The number of hydrogen-bond acceptors (Lipinski definition) is 3. The van der Waals surface area contributed by atoms with Crippen LogP contribution in [0.3, 0.4) is 0 Å². The van der Waals surface area contributed by atoms with Crippen LogP contribution in [0.4, 0.5) is 0 Å². The van der Waals surface area contributed by atoms with Crippen LogP contribution in [-0.2, 0) is 11.2 Å². The molecular formula is C12H16N2O. The molecule has 2 heterocycles. The molecule has 3 nitrogen and oxygen atoms in total. The molecule has 1 aromatic heterocycles. The quantitative estimate of drug-likeness (QED) is 0.755. The Balaban J connectivity index is 2.00. The standard InChI is InChI=1S/C12H16N2O/c1-9(2)11-8-15-12(14-11)6-10-4-3-5-13-7-10/h3-5,7,9,11H,6,8H2,1-2H3/t11-/m0/s1. The molecule has 1 aliphatic rings. The fourth-order valence-electron chi connectivity index (χ4n) is 1.56. The third-order valence-electron chi connectivity index (χ3n) is 2.58. The van der Waals surface area contributed by atoms with Crippen molar-refractivity contribution >= 4 is 5.90 Å². The molecule has 0 radical (unpaired) electrons. The summed E-state index contributed by atoms with van der Waals surface area (Å²) in [5.74, 6) is 1.40. The first-order chi connectivity index (χ1) is 7.25. The zero-order chi connectivity index (χ0) is 10.7. The Bertz CT molecular complexity index is 346. The molecule has 0 aromatic carbocycles. The molecule has 15 heavy (non-hydrogen) atoms. The minimum absolute atomic E-state index is 0.330. The SMILES string of the molecule is CC(C)[C@@H]1COC(Cc2cccnc2)=N1. The van der Waals surface area contributed by atoms with Gasteiger partial charge >= 0.3 is 0 Å². The van der Waals surface area contributed by atoms with Crippen LogP contribution in [0.5, 0.6) is 0 Å². The van der Waals surface area contributed by atoms with Crippen molar-refractivity contribution < 1.29 is 4.74 Å². The molecule has 0 amide bonds. The van der Waals surface area contributed by atoms with Crippen molar-refractivity contribution in [1.82, 2.24) is 4.98 Å². The van der Waals surface area contributed by atoms with Crippen molar-refractivity contribution in [2.24, 2.45) is 10.9 Å². The van der Waals surface area contributed by atoms with Gasteiger partial charge in [0, 0.05) is 12.4 Å². The van der Waals surface area contributed by atoms with Gasteiger partial charge in [0.25, 0.3) is 0 Å². The number of pyridine rings is 1. The van der Waals surface area contributed by atoms with Crippen molar-refractivity contribution in [3.8, 4) is 0 Å². The van der Waals surface area contributed by atoms with Gasteiger partial charge in [-0.3, -0.25) is 4.98 Å². The van der Waals surface area contributed by atoms with Crippen molar-refractivity contribution in [3.63, 3.8) is 0 Å². The molecule has 2 rings (SSSR count). The number of aromatic nitrogens is 1. The fourth-order valence-corrected chi connectivity index (χ4v) is 1.56. The van der Waals surface area contributed by atoms with E-state index in [1.54, 1.807) is 6.20 Å². The zero-order valence-corrected chi connectivity index (χ0v) is 9.18. The second-order valence-electron chi connectivity index (χ2n) is 4.18. The third kappa shape index (κ3) is 2.55. The molecule has 3 heteroatoms. The van der Waals surface area contributed by atoms with Crippen LogP contribution in [0.15, 0.2) is 29.5 Å². The molecule has 0 fully saturated rings. The Morgan fingerprint density at radius 2 is 2.40 bits per heavy atom. The van der Waals surface area contributed by atoms with Gasteiger partial charge in [0.1, 0.15) is 6.61 Å².